The highest BCUT2D eigenvalue weighted by atomic mass is 15.3. The summed E-state index contributed by atoms with van der Waals surface area (Å²) in [5.41, 5.74) is 1.45. The van der Waals surface area contributed by atoms with Crippen LogP contribution in [0.2, 0.25) is 0 Å². The van der Waals surface area contributed by atoms with Crippen molar-refractivity contribution in [3.8, 4) is 0 Å². The summed E-state index contributed by atoms with van der Waals surface area (Å²) in [4.78, 5) is 0. The van der Waals surface area contributed by atoms with Crippen LogP contribution in [0.25, 0.3) is 0 Å². The van der Waals surface area contributed by atoms with E-state index in [9.17, 15) is 0 Å². The van der Waals surface area contributed by atoms with Crippen LogP contribution in [0.15, 0.2) is 12.3 Å². The quantitative estimate of drug-likeness (QED) is 0.827. The van der Waals surface area contributed by atoms with E-state index in [4.69, 9.17) is 0 Å². The Bertz CT molecular complexity index is 319. The molecule has 1 aromatic rings. The van der Waals surface area contributed by atoms with Gasteiger partial charge in [0.2, 0.25) is 0 Å². The molecule has 0 spiro atoms. The van der Waals surface area contributed by atoms with Crippen LogP contribution in [0.4, 0.5) is 0 Å². The van der Waals surface area contributed by atoms with Gasteiger partial charge in [0.05, 0.1) is 0 Å². The van der Waals surface area contributed by atoms with Gasteiger partial charge in [0.1, 0.15) is 0 Å². The SMILES string of the molecule is CCNCC1CCCC1c1ccnn1CC. The van der Waals surface area contributed by atoms with E-state index in [1.165, 1.54) is 25.0 Å². The number of aryl methyl sites for hydroxylation is 1. The molecule has 0 radical (unpaired) electrons. The Balaban J connectivity index is 2.07. The Morgan fingerprint density at radius 2 is 2.31 bits per heavy atom. The molecule has 1 saturated carbocycles. The standard InChI is InChI=1S/C13H23N3/c1-3-14-10-11-6-5-7-12(11)13-8-9-15-16(13)4-2/h8-9,11-12,14H,3-7,10H2,1-2H3. The van der Waals surface area contributed by atoms with Crippen LogP contribution in [-0.4, -0.2) is 22.9 Å². The Kier molecular flexibility index (Phi) is 3.99. The summed E-state index contributed by atoms with van der Waals surface area (Å²) < 4.78 is 2.16. The smallest absolute Gasteiger partial charge is 0.0492 e. The first kappa shape index (κ1) is 11.6. The van der Waals surface area contributed by atoms with E-state index in [-0.39, 0.29) is 0 Å². The van der Waals surface area contributed by atoms with Gasteiger partial charge >= 0.3 is 0 Å². The Labute approximate surface area is 98.2 Å². The van der Waals surface area contributed by atoms with E-state index in [0.717, 1.165) is 31.5 Å². The summed E-state index contributed by atoms with van der Waals surface area (Å²) in [7, 11) is 0. The van der Waals surface area contributed by atoms with Crippen LogP contribution in [0, 0.1) is 5.92 Å². The molecule has 2 rings (SSSR count). The van der Waals surface area contributed by atoms with E-state index in [2.05, 4.69) is 35.0 Å². The fourth-order valence-corrected chi connectivity index (χ4v) is 2.92. The lowest BCUT2D eigenvalue weighted by Gasteiger charge is -2.20. The molecule has 0 bridgehead atoms. The number of aromatic nitrogens is 2. The Morgan fingerprint density at radius 1 is 1.44 bits per heavy atom. The molecule has 0 amide bonds. The normalized spacial score (nSPS) is 25.1. The monoisotopic (exact) mass is 221 g/mol. The summed E-state index contributed by atoms with van der Waals surface area (Å²) in [5, 5.41) is 7.88. The molecule has 0 saturated heterocycles. The summed E-state index contributed by atoms with van der Waals surface area (Å²) in [6, 6.07) is 2.21. The fraction of sp³-hybridized carbons (Fsp3) is 0.769. The van der Waals surface area contributed by atoms with Crippen molar-refractivity contribution in [2.75, 3.05) is 13.1 Å². The number of hydrogen-bond donors (Lipinski definition) is 1. The molecule has 2 atom stereocenters. The maximum absolute atomic E-state index is 4.39. The molecule has 0 aliphatic heterocycles. The van der Waals surface area contributed by atoms with E-state index in [1.807, 2.05) is 6.20 Å². The highest BCUT2D eigenvalue weighted by molar-refractivity contribution is 5.11. The van der Waals surface area contributed by atoms with Gasteiger partial charge in [-0.3, -0.25) is 4.68 Å². The van der Waals surface area contributed by atoms with Crippen LogP contribution in [-0.2, 0) is 6.54 Å². The zero-order valence-electron chi connectivity index (χ0n) is 10.4. The molecular formula is C13H23N3. The first-order valence-electron chi connectivity index (χ1n) is 6.59. The van der Waals surface area contributed by atoms with Crippen molar-refractivity contribution in [2.24, 2.45) is 5.92 Å². The average molecular weight is 221 g/mol. The van der Waals surface area contributed by atoms with Crippen molar-refractivity contribution in [2.45, 2.75) is 45.6 Å². The molecule has 1 aromatic heterocycles. The van der Waals surface area contributed by atoms with Crippen molar-refractivity contribution in [3.63, 3.8) is 0 Å². The van der Waals surface area contributed by atoms with Gasteiger partial charge in [0.25, 0.3) is 0 Å². The highest BCUT2D eigenvalue weighted by Crippen LogP contribution is 2.39. The van der Waals surface area contributed by atoms with Crippen molar-refractivity contribution >= 4 is 0 Å². The van der Waals surface area contributed by atoms with E-state index < -0.39 is 0 Å². The lowest BCUT2D eigenvalue weighted by molar-refractivity contribution is 0.426. The number of nitrogens with one attached hydrogen (secondary N) is 1. The minimum atomic E-state index is 0.724. The van der Waals surface area contributed by atoms with Gasteiger partial charge in [-0.2, -0.15) is 5.10 Å². The fourth-order valence-electron chi connectivity index (χ4n) is 2.92. The molecular weight excluding hydrogens is 198 g/mol. The van der Waals surface area contributed by atoms with Gasteiger partial charge in [0.15, 0.2) is 0 Å². The topological polar surface area (TPSA) is 29.9 Å². The lowest BCUT2D eigenvalue weighted by Crippen LogP contribution is -2.25. The molecule has 1 heterocycles. The second-order valence-electron chi connectivity index (χ2n) is 4.68. The summed E-state index contributed by atoms with van der Waals surface area (Å²) in [5.74, 6) is 1.53. The van der Waals surface area contributed by atoms with Crippen molar-refractivity contribution < 1.29 is 0 Å². The molecule has 90 valence electrons. The Hall–Kier alpha value is -0.830. The van der Waals surface area contributed by atoms with Crippen molar-refractivity contribution in [1.82, 2.24) is 15.1 Å². The maximum atomic E-state index is 4.39. The van der Waals surface area contributed by atoms with Gasteiger partial charge < -0.3 is 5.32 Å². The molecule has 3 heteroatoms. The third-order valence-corrected chi connectivity index (χ3v) is 3.74. The van der Waals surface area contributed by atoms with Crippen LogP contribution in [0.5, 0.6) is 0 Å². The van der Waals surface area contributed by atoms with Crippen LogP contribution < -0.4 is 5.32 Å². The molecule has 1 aliphatic rings. The van der Waals surface area contributed by atoms with Crippen molar-refractivity contribution in [3.05, 3.63) is 18.0 Å². The van der Waals surface area contributed by atoms with E-state index >= 15 is 0 Å². The molecule has 1 N–H and O–H groups in total. The molecule has 3 nitrogen and oxygen atoms in total. The Morgan fingerprint density at radius 3 is 3.06 bits per heavy atom. The minimum Gasteiger partial charge on any atom is -0.317 e. The molecule has 2 unspecified atom stereocenters. The summed E-state index contributed by atoms with van der Waals surface area (Å²) in [6.45, 7) is 7.59. The summed E-state index contributed by atoms with van der Waals surface area (Å²) in [6.07, 6.45) is 6.02. The van der Waals surface area contributed by atoms with Gasteiger partial charge in [-0.15, -0.1) is 0 Å². The first-order valence-corrected chi connectivity index (χ1v) is 6.59. The highest BCUT2D eigenvalue weighted by Gasteiger charge is 2.30. The number of nitrogens with zero attached hydrogens (tertiary/aromatic N) is 2. The van der Waals surface area contributed by atoms with Gasteiger partial charge in [0, 0.05) is 24.4 Å². The molecule has 1 fully saturated rings. The third kappa shape index (κ3) is 2.29. The minimum absolute atomic E-state index is 0.724. The maximum Gasteiger partial charge on any atom is 0.0492 e. The van der Waals surface area contributed by atoms with E-state index in [1.54, 1.807) is 0 Å². The second kappa shape index (κ2) is 5.48. The zero-order chi connectivity index (χ0) is 11.4. The van der Waals surface area contributed by atoms with Gasteiger partial charge in [-0.05, 0) is 44.8 Å². The second-order valence-corrected chi connectivity index (χ2v) is 4.68. The van der Waals surface area contributed by atoms with Crippen molar-refractivity contribution in [1.29, 1.82) is 0 Å². The average Bonchev–Trinajstić information content (AvgIpc) is 2.93. The predicted octanol–water partition coefficient (Wildman–Crippen LogP) is 2.40. The molecule has 1 aliphatic carbocycles. The number of rotatable bonds is 5. The van der Waals surface area contributed by atoms with Crippen LogP contribution in [0.1, 0.15) is 44.7 Å². The van der Waals surface area contributed by atoms with Crippen LogP contribution >= 0.6 is 0 Å². The number of hydrogen-bond acceptors (Lipinski definition) is 2. The zero-order valence-corrected chi connectivity index (χ0v) is 10.4. The van der Waals surface area contributed by atoms with Gasteiger partial charge in [-0.1, -0.05) is 13.3 Å². The van der Waals surface area contributed by atoms with Gasteiger partial charge in [-0.25, -0.2) is 0 Å². The third-order valence-electron chi connectivity index (χ3n) is 3.74. The van der Waals surface area contributed by atoms with E-state index in [0.29, 0.717) is 0 Å². The molecule has 16 heavy (non-hydrogen) atoms. The van der Waals surface area contributed by atoms with Crippen LogP contribution in [0.3, 0.4) is 0 Å². The molecule has 0 aromatic carbocycles. The predicted molar refractivity (Wildman–Crippen MR) is 66.5 cm³/mol. The summed E-state index contributed by atoms with van der Waals surface area (Å²) >= 11 is 0. The largest absolute Gasteiger partial charge is 0.317 e. The lowest BCUT2D eigenvalue weighted by atomic mass is 9.92. The first-order chi connectivity index (χ1) is 7.86.